The molecule has 5 heterocycles. The number of hydrogen-bond acceptors (Lipinski definition) is 13. The molecule has 442 valence electrons. The number of aliphatic hydroxyl groups is 1. The van der Waals surface area contributed by atoms with E-state index in [9.17, 15) is 24.3 Å². The number of hydrogen-bond donors (Lipinski definition) is 4. The second-order valence-electron chi connectivity index (χ2n) is 24.0. The van der Waals surface area contributed by atoms with Gasteiger partial charge in [0.25, 0.3) is 5.91 Å². The molecule has 0 spiro atoms. The molecule has 4 aromatic rings. The Hall–Kier alpha value is -5.85. The first-order chi connectivity index (χ1) is 39.9. The molecule has 10 rings (SSSR count). The highest BCUT2D eigenvalue weighted by Gasteiger charge is 2.38. The molecule has 5 atom stereocenters. The quantitative estimate of drug-likeness (QED) is 0.0677. The number of nitrogens with one attached hydrogen (secondary N) is 3. The number of aliphatic hydroxyl groups excluding tert-OH is 1. The fourth-order valence-corrected chi connectivity index (χ4v) is 14.0. The van der Waals surface area contributed by atoms with Crippen LogP contribution in [0.1, 0.15) is 153 Å². The van der Waals surface area contributed by atoms with Gasteiger partial charge < -0.3 is 55.0 Å². The molecule has 0 radical (unpaired) electrons. The maximum Gasteiger partial charge on any atom is 0.251 e. The number of likely N-dealkylation sites (tertiary alicyclic amines) is 3. The van der Waals surface area contributed by atoms with E-state index in [1.807, 2.05) is 82.3 Å². The Morgan fingerprint density at radius 1 is 0.793 bits per heavy atom. The largest absolute Gasteiger partial charge is 0.497 e. The third kappa shape index (κ3) is 14.5. The molecular weight excluding hydrogens is 1060 g/mol. The van der Waals surface area contributed by atoms with Crippen molar-refractivity contribution in [3.05, 3.63) is 112 Å². The first-order valence-corrected chi connectivity index (χ1v) is 31.1. The van der Waals surface area contributed by atoms with E-state index in [-0.39, 0.29) is 53.8 Å². The Balaban J connectivity index is 0.678. The summed E-state index contributed by atoms with van der Waals surface area (Å²) >= 11 is 6.33. The van der Waals surface area contributed by atoms with Crippen molar-refractivity contribution in [2.45, 2.75) is 133 Å². The second kappa shape index (κ2) is 28.2. The third-order valence-corrected chi connectivity index (χ3v) is 18.9. The zero-order chi connectivity index (χ0) is 57.1. The van der Waals surface area contributed by atoms with Crippen LogP contribution in [0.25, 0.3) is 0 Å². The van der Waals surface area contributed by atoms with Crippen molar-refractivity contribution in [1.29, 1.82) is 0 Å². The molecule has 4 amide bonds. The van der Waals surface area contributed by atoms with E-state index in [1.54, 1.807) is 13.4 Å². The van der Waals surface area contributed by atoms with E-state index in [2.05, 4.69) is 48.7 Å². The lowest BCUT2D eigenvalue weighted by Gasteiger charge is -2.40. The average molecular weight is 1140 g/mol. The van der Waals surface area contributed by atoms with Gasteiger partial charge in [-0.25, -0.2) is 9.97 Å². The lowest BCUT2D eigenvalue weighted by atomic mass is 9.82. The lowest BCUT2D eigenvalue weighted by molar-refractivity contribution is -0.136. The van der Waals surface area contributed by atoms with Crippen LogP contribution in [0.5, 0.6) is 11.5 Å². The van der Waals surface area contributed by atoms with Gasteiger partial charge in [-0.2, -0.15) is 0 Å². The summed E-state index contributed by atoms with van der Waals surface area (Å²) in [5, 5.41) is 21.7. The molecule has 5 fully saturated rings. The van der Waals surface area contributed by atoms with Crippen molar-refractivity contribution in [3.8, 4) is 11.5 Å². The minimum atomic E-state index is -0.562. The minimum absolute atomic E-state index is 0.0481. The number of methoxy groups -OCH3 is 1. The van der Waals surface area contributed by atoms with E-state index >= 15 is 0 Å². The summed E-state index contributed by atoms with van der Waals surface area (Å²) in [5.74, 6) is 2.90. The molecule has 18 heteroatoms. The molecular formula is C64H87ClN10O7. The number of fused-ring (bicyclic) bond motifs is 1. The summed E-state index contributed by atoms with van der Waals surface area (Å²) < 4.78 is 11.2. The summed E-state index contributed by atoms with van der Waals surface area (Å²) in [6.07, 6.45) is 12.5. The zero-order valence-corrected chi connectivity index (χ0v) is 49.3. The molecule has 4 N–H and O–H groups in total. The van der Waals surface area contributed by atoms with Gasteiger partial charge in [0.2, 0.25) is 17.7 Å². The number of ether oxygens (including phenoxy) is 2. The Morgan fingerprint density at radius 2 is 1.55 bits per heavy atom. The maximum absolute atomic E-state index is 14.6. The molecule has 3 aromatic carbocycles. The zero-order valence-electron chi connectivity index (χ0n) is 48.5. The molecule has 17 nitrogen and oxygen atoms in total. The van der Waals surface area contributed by atoms with Gasteiger partial charge in [0.1, 0.15) is 29.7 Å². The van der Waals surface area contributed by atoms with Gasteiger partial charge in [0.15, 0.2) is 0 Å². The number of piperidine rings is 3. The van der Waals surface area contributed by atoms with E-state index in [4.69, 9.17) is 21.1 Å². The summed E-state index contributed by atoms with van der Waals surface area (Å²) in [6.45, 7) is 14.0. The fraction of sp³-hybridized carbons (Fsp3) is 0.594. The van der Waals surface area contributed by atoms with Crippen LogP contribution in [-0.4, -0.2) is 169 Å². The van der Waals surface area contributed by atoms with Gasteiger partial charge in [-0.1, -0.05) is 68.1 Å². The van der Waals surface area contributed by atoms with Crippen molar-refractivity contribution in [2.75, 3.05) is 104 Å². The standard InChI is InChI=1S/C64H87ClN10O7/c1-4-82-56-36-53(81-3)20-17-49(56)37-66-39-57(77)75-25-9-14-50(41-75)47-12-8-13-48(35-47)62(78)70-59(46-10-6-5-7-11-46)64(80)73-28-21-44(22-29-73)40-71-26-23-52(24-27-71)67-38-54(45-15-18-51(65)19-16-45)63(79)74-32-30-72(31-33-74)61-58-43(2)34-55(76)60(58)68-42-69-61/h8,12-13,15-20,35-36,42-44,46,50,52,54-55,59,66-67,76H,4-7,9-11,14,21-34,37-41H2,1-3H3,(H,70,78)/t43-,50?,54-,55-,59-/m1/s1. The van der Waals surface area contributed by atoms with E-state index in [1.165, 1.54) is 0 Å². The highest BCUT2D eigenvalue weighted by atomic mass is 35.5. The number of carbonyl (C=O) groups excluding carboxylic acids is 4. The van der Waals surface area contributed by atoms with Gasteiger partial charge in [-0.3, -0.25) is 19.2 Å². The molecule has 82 heavy (non-hydrogen) atoms. The normalized spacial score (nSPS) is 22.1. The molecule has 1 saturated carbocycles. The maximum atomic E-state index is 14.6. The number of carbonyl (C=O) groups is 4. The van der Waals surface area contributed by atoms with Crippen LogP contribution < -0.4 is 30.3 Å². The molecule has 6 aliphatic rings. The van der Waals surface area contributed by atoms with Gasteiger partial charge in [-0.05, 0) is 137 Å². The molecule has 4 aliphatic heterocycles. The average Bonchev–Trinajstić information content (AvgIpc) is 4.08. The Morgan fingerprint density at radius 3 is 2.29 bits per heavy atom. The van der Waals surface area contributed by atoms with Crippen molar-refractivity contribution >= 4 is 41.0 Å². The van der Waals surface area contributed by atoms with Gasteiger partial charge >= 0.3 is 0 Å². The lowest BCUT2D eigenvalue weighted by Crippen LogP contribution is -2.54. The van der Waals surface area contributed by atoms with Crippen molar-refractivity contribution in [2.24, 2.45) is 11.8 Å². The number of anilines is 1. The number of amides is 4. The minimum Gasteiger partial charge on any atom is -0.497 e. The second-order valence-corrected chi connectivity index (χ2v) is 24.4. The Bertz CT molecular complexity index is 2790. The van der Waals surface area contributed by atoms with Crippen LogP contribution >= 0.6 is 11.6 Å². The van der Waals surface area contributed by atoms with Crippen LogP contribution in [0.4, 0.5) is 5.82 Å². The predicted octanol–water partition coefficient (Wildman–Crippen LogP) is 7.68. The predicted molar refractivity (Wildman–Crippen MR) is 318 cm³/mol. The SMILES string of the molecule is CCOc1cc(OC)ccc1CNCC(=O)N1CCCC(c2cccc(C(=O)N[C@@H](C(=O)N3CCC(CN4CCC(NC[C@@H](C(=O)N5CCN(c6ncnc7c6[C@H](C)C[C@H]7O)CC5)c5ccc(Cl)cc5)CC4)CC3)C3CCCCC3)c2)C1. The number of nitrogens with zero attached hydrogens (tertiary/aromatic N) is 7. The van der Waals surface area contributed by atoms with E-state index < -0.39 is 12.1 Å². The third-order valence-electron chi connectivity index (χ3n) is 18.6. The number of rotatable bonds is 20. The summed E-state index contributed by atoms with van der Waals surface area (Å²) in [4.78, 5) is 76.6. The van der Waals surface area contributed by atoms with Crippen LogP contribution in [0.15, 0.2) is 73.1 Å². The van der Waals surface area contributed by atoms with E-state index in [0.29, 0.717) is 101 Å². The van der Waals surface area contributed by atoms with Crippen LogP contribution in [0, 0.1) is 11.8 Å². The van der Waals surface area contributed by atoms with Gasteiger partial charge in [-0.15, -0.1) is 0 Å². The summed E-state index contributed by atoms with van der Waals surface area (Å²) in [7, 11) is 1.63. The molecule has 2 aliphatic carbocycles. The first kappa shape index (κ1) is 59.3. The highest BCUT2D eigenvalue weighted by molar-refractivity contribution is 6.30. The van der Waals surface area contributed by atoms with Crippen LogP contribution in [-0.2, 0) is 20.9 Å². The highest BCUT2D eigenvalue weighted by Crippen LogP contribution is 2.43. The molecule has 1 unspecified atom stereocenters. The molecule has 0 bridgehead atoms. The number of benzene rings is 3. The topological polar surface area (TPSA) is 185 Å². The van der Waals surface area contributed by atoms with Crippen molar-refractivity contribution in [3.63, 3.8) is 0 Å². The van der Waals surface area contributed by atoms with Crippen LogP contribution in [0.2, 0.25) is 5.02 Å². The smallest absolute Gasteiger partial charge is 0.251 e. The monoisotopic (exact) mass is 1140 g/mol. The van der Waals surface area contributed by atoms with Gasteiger partial charge in [0, 0.05) is 112 Å². The van der Waals surface area contributed by atoms with Crippen molar-refractivity contribution in [1.82, 2.24) is 45.5 Å². The first-order valence-electron chi connectivity index (χ1n) is 30.7. The summed E-state index contributed by atoms with van der Waals surface area (Å²) in [5.41, 5.74) is 5.29. The van der Waals surface area contributed by atoms with E-state index in [0.717, 1.165) is 136 Å². The number of aromatic nitrogens is 2. The fourth-order valence-electron chi connectivity index (χ4n) is 13.9. The Labute approximate surface area is 490 Å². The van der Waals surface area contributed by atoms with Crippen molar-refractivity contribution < 1.29 is 33.8 Å². The molecule has 1 aromatic heterocycles. The summed E-state index contributed by atoms with van der Waals surface area (Å²) in [6, 6.07) is 21.0. The molecule has 4 saturated heterocycles. The van der Waals surface area contributed by atoms with Gasteiger partial charge in [0.05, 0.1) is 38.0 Å². The van der Waals surface area contributed by atoms with Crippen LogP contribution in [0.3, 0.4) is 0 Å². The Kier molecular flexibility index (Phi) is 20.4. The number of halogens is 1. The number of piperazine rings is 1.